The molecule has 0 aliphatic rings. The third kappa shape index (κ3) is 3.40. The molecular weight excluding hydrogens is 358 g/mol. The Morgan fingerprint density at radius 1 is 1.19 bits per heavy atom. The predicted molar refractivity (Wildman–Crippen MR) is 109 cm³/mol. The lowest BCUT2D eigenvalue weighted by atomic mass is 10.2. The molecular formula is C21H21N3O2S. The van der Waals surface area contributed by atoms with Gasteiger partial charge in [-0.2, -0.15) is 0 Å². The number of ether oxygens (including phenoxy) is 1. The van der Waals surface area contributed by atoms with E-state index >= 15 is 0 Å². The Kier molecular flexibility index (Phi) is 4.58. The number of hydrogen-bond donors (Lipinski definition) is 0. The van der Waals surface area contributed by atoms with Gasteiger partial charge in [-0.25, -0.2) is 4.98 Å². The molecule has 0 N–H and O–H groups in total. The van der Waals surface area contributed by atoms with E-state index in [1.807, 2.05) is 31.3 Å². The summed E-state index contributed by atoms with van der Waals surface area (Å²) in [4.78, 5) is 18.4. The van der Waals surface area contributed by atoms with E-state index in [2.05, 4.69) is 34.8 Å². The number of rotatable bonds is 5. The molecule has 0 aliphatic carbocycles. The van der Waals surface area contributed by atoms with Crippen LogP contribution in [-0.2, 0) is 20.1 Å². The van der Waals surface area contributed by atoms with Gasteiger partial charge in [0.25, 0.3) is 5.56 Å². The Bertz CT molecular complexity index is 1170. The first-order valence-electron chi connectivity index (χ1n) is 8.90. The second-order valence-corrected chi connectivity index (χ2v) is 7.56. The van der Waals surface area contributed by atoms with Crippen LogP contribution in [-0.4, -0.2) is 14.1 Å². The highest BCUT2D eigenvalue weighted by Gasteiger charge is 2.09. The highest BCUT2D eigenvalue weighted by atomic mass is 32.1. The van der Waals surface area contributed by atoms with E-state index in [1.165, 1.54) is 11.6 Å². The normalized spacial score (nSPS) is 11.2. The van der Waals surface area contributed by atoms with Crippen LogP contribution in [0.4, 0.5) is 0 Å². The predicted octanol–water partition coefficient (Wildman–Crippen LogP) is 4.24. The molecule has 4 aromatic rings. The van der Waals surface area contributed by atoms with Crippen molar-refractivity contribution >= 4 is 22.4 Å². The fourth-order valence-corrected chi connectivity index (χ4v) is 3.97. The molecule has 0 radical (unpaired) electrons. The number of hydrogen-bond acceptors (Lipinski definition) is 4. The second-order valence-electron chi connectivity index (χ2n) is 6.56. The molecule has 6 heteroatoms. The number of fused-ring (bicyclic) bond motifs is 1. The second kappa shape index (κ2) is 7.04. The first-order valence-corrected chi connectivity index (χ1v) is 9.78. The SMILES string of the molecule is CCc1nc2ccc(-n3ccc(OCc4cc(C)cs4)cc3=O)cc2n1C. The number of imidazole rings is 1. The van der Waals surface area contributed by atoms with Crippen molar-refractivity contribution in [3.8, 4) is 11.4 Å². The monoisotopic (exact) mass is 379 g/mol. The van der Waals surface area contributed by atoms with E-state index in [1.54, 1.807) is 22.1 Å². The minimum Gasteiger partial charge on any atom is -0.488 e. The van der Waals surface area contributed by atoms with Crippen LogP contribution in [0.3, 0.4) is 0 Å². The fourth-order valence-electron chi connectivity index (χ4n) is 3.18. The minimum atomic E-state index is -0.118. The number of aromatic nitrogens is 3. The average Bonchev–Trinajstić information content (AvgIpc) is 3.23. The van der Waals surface area contributed by atoms with Gasteiger partial charge >= 0.3 is 0 Å². The molecule has 0 aliphatic heterocycles. The molecule has 138 valence electrons. The van der Waals surface area contributed by atoms with E-state index in [9.17, 15) is 4.79 Å². The molecule has 0 fully saturated rings. The maximum absolute atomic E-state index is 12.6. The van der Waals surface area contributed by atoms with Crippen molar-refractivity contribution in [1.82, 2.24) is 14.1 Å². The highest BCUT2D eigenvalue weighted by molar-refractivity contribution is 7.10. The van der Waals surface area contributed by atoms with Crippen LogP contribution in [0.1, 0.15) is 23.2 Å². The minimum absolute atomic E-state index is 0.118. The molecule has 0 saturated carbocycles. The number of benzene rings is 1. The third-order valence-corrected chi connectivity index (χ3v) is 5.64. The lowest BCUT2D eigenvalue weighted by molar-refractivity contribution is 0.309. The van der Waals surface area contributed by atoms with Crippen LogP contribution >= 0.6 is 11.3 Å². The van der Waals surface area contributed by atoms with Gasteiger partial charge in [-0.05, 0) is 48.2 Å². The molecule has 3 heterocycles. The van der Waals surface area contributed by atoms with Crippen molar-refractivity contribution in [2.75, 3.05) is 0 Å². The van der Waals surface area contributed by atoms with Gasteiger partial charge in [-0.1, -0.05) is 6.92 Å². The number of aryl methyl sites for hydroxylation is 3. The summed E-state index contributed by atoms with van der Waals surface area (Å²) in [5.41, 5.74) is 3.89. The van der Waals surface area contributed by atoms with Crippen molar-refractivity contribution in [3.05, 3.63) is 74.6 Å². The van der Waals surface area contributed by atoms with Crippen LogP contribution in [0.15, 0.2) is 52.8 Å². The molecule has 0 bridgehead atoms. The average molecular weight is 379 g/mol. The smallest absolute Gasteiger partial charge is 0.258 e. The van der Waals surface area contributed by atoms with E-state index in [4.69, 9.17) is 4.74 Å². The Balaban J connectivity index is 1.61. The first kappa shape index (κ1) is 17.5. The van der Waals surface area contributed by atoms with E-state index in [0.29, 0.717) is 12.4 Å². The Morgan fingerprint density at radius 2 is 2.04 bits per heavy atom. The first-order chi connectivity index (χ1) is 13.0. The molecule has 0 unspecified atom stereocenters. The topological polar surface area (TPSA) is 49.1 Å². The summed E-state index contributed by atoms with van der Waals surface area (Å²) in [5.74, 6) is 1.61. The van der Waals surface area contributed by atoms with Crippen molar-refractivity contribution in [1.29, 1.82) is 0 Å². The standard InChI is InChI=1S/C21H21N3O2S/c1-4-20-22-18-6-5-15(10-19(18)23(20)3)24-8-7-16(11-21(24)25)26-12-17-9-14(2)13-27-17/h5-11,13H,4,12H2,1-3H3. The number of thiophene rings is 1. The lowest BCUT2D eigenvalue weighted by Gasteiger charge is -2.09. The third-order valence-electron chi connectivity index (χ3n) is 4.61. The summed E-state index contributed by atoms with van der Waals surface area (Å²) in [6.45, 7) is 4.62. The van der Waals surface area contributed by atoms with Gasteiger partial charge < -0.3 is 9.30 Å². The van der Waals surface area contributed by atoms with Crippen molar-refractivity contribution < 1.29 is 4.74 Å². The van der Waals surface area contributed by atoms with Crippen molar-refractivity contribution in [3.63, 3.8) is 0 Å². The molecule has 0 atom stereocenters. The quantitative estimate of drug-likeness (QED) is 0.521. The highest BCUT2D eigenvalue weighted by Crippen LogP contribution is 2.20. The van der Waals surface area contributed by atoms with Gasteiger partial charge in [0.2, 0.25) is 0 Å². The Labute approximate surface area is 161 Å². The summed E-state index contributed by atoms with van der Waals surface area (Å²) in [5, 5.41) is 2.09. The van der Waals surface area contributed by atoms with E-state index < -0.39 is 0 Å². The zero-order valence-electron chi connectivity index (χ0n) is 15.6. The molecule has 1 aromatic carbocycles. The van der Waals surface area contributed by atoms with Gasteiger partial charge in [0.15, 0.2) is 0 Å². The van der Waals surface area contributed by atoms with Crippen LogP contribution < -0.4 is 10.3 Å². The van der Waals surface area contributed by atoms with E-state index in [-0.39, 0.29) is 5.56 Å². The molecule has 0 saturated heterocycles. The number of pyridine rings is 1. The van der Waals surface area contributed by atoms with Crippen LogP contribution in [0.2, 0.25) is 0 Å². The van der Waals surface area contributed by atoms with Gasteiger partial charge in [-0.3, -0.25) is 9.36 Å². The molecule has 3 aromatic heterocycles. The van der Waals surface area contributed by atoms with Crippen LogP contribution in [0.5, 0.6) is 5.75 Å². The largest absolute Gasteiger partial charge is 0.488 e. The summed E-state index contributed by atoms with van der Waals surface area (Å²) in [6.07, 6.45) is 2.63. The zero-order chi connectivity index (χ0) is 19.0. The summed E-state index contributed by atoms with van der Waals surface area (Å²) in [7, 11) is 2.00. The van der Waals surface area contributed by atoms with Crippen LogP contribution in [0, 0.1) is 6.92 Å². The molecule has 0 amide bonds. The maximum Gasteiger partial charge on any atom is 0.258 e. The molecule has 0 spiro atoms. The summed E-state index contributed by atoms with van der Waals surface area (Å²) in [6, 6.07) is 11.3. The van der Waals surface area contributed by atoms with Gasteiger partial charge in [0, 0.05) is 30.6 Å². The molecule has 5 nitrogen and oxygen atoms in total. The Morgan fingerprint density at radius 3 is 2.74 bits per heavy atom. The van der Waals surface area contributed by atoms with Crippen molar-refractivity contribution in [2.24, 2.45) is 7.05 Å². The maximum atomic E-state index is 12.6. The van der Waals surface area contributed by atoms with Gasteiger partial charge in [-0.15, -0.1) is 11.3 Å². The Hall–Kier alpha value is -2.86. The molecule has 4 rings (SSSR count). The van der Waals surface area contributed by atoms with Gasteiger partial charge in [0.1, 0.15) is 18.2 Å². The van der Waals surface area contributed by atoms with Gasteiger partial charge in [0.05, 0.1) is 16.7 Å². The summed E-state index contributed by atoms with van der Waals surface area (Å²) >= 11 is 1.66. The van der Waals surface area contributed by atoms with Crippen molar-refractivity contribution in [2.45, 2.75) is 26.9 Å². The van der Waals surface area contributed by atoms with Crippen LogP contribution in [0.25, 0.3) is 16.7 Å². The zero-order valence-corrected chi connectivity index (χ0v) is 16.4. The van der Waals surface area contributed by atoms with E-state index in [0.717, 1.165) is 33.8 Å². The molecule has 27 heavy (non-hydrogen) atoms. The summed E-state index contributed by atoms with van der Waals surface area (Å²) < 4.78 is 9.47. The lowest BCUT2D eigenvalue weighted by Crippen LogP contribution is -2.16. The fraction of sp³-hybridized carbons (Fsp3) is 0.238. The number of nitrogens with zero attached hydrogens (tertiary/aromatic N) is 3.